The smallest absolute Gasteiger partial charge is 0.264 e. The number of anilines is 2. The Hall–Kier alpha value is -5.50. The summed E-state index contributed by atoms with van der Waals surface area (Å²) >= 11 is 14.4. The first-order valence-electron chi connectivity index (χ1n) is 16.6. The molecule has 0 unspecified atom stereocenters. The van der Waals surface area contributed by atoms with Crippen LogP contribution < -0.4 is 20.4 Å². The SMILES string of the molecule is N#C/C(C(=O)NCCNC(=O)/C(C#N)=C1/S[C@H](Cc2ccc(Cl)cc2)C(=O)N1c1ccccc1)=C1/S[C@@H](Cc2ccc(Cl)cc2)C(=O)N1c1ccccc1. The molecule has 2 aliphatic heterocycles. The Balaban J connectivity index is 1.16. The minimum Gasteiger partial charge on any atom is -0.350 e. The summed E-state index contributed by atoms with van der Waals surface area (Å²) in [6.45, 7) is -0.189. The summed E-state index contributed by atoms with van der Waals surface area (Å²) < 4.78 is 0. The highest BCUT2D eigenvalue weighted by atomic mass is 35.5. The molecule has 54 heavy (non-hydrogen) atoms. The molecule has 4 amide bonds. The molecule has 0 spiro atoms. The monoisotopic (exact) mass is 792 g/mol. The number of nitrogens with zero attached hydrogens (tertiary/aromatic N) is 4. The number of benzene rings is 4. The second-order valence-corrected chi connectivity index (χ2v) is 15.2. The molecule has 0 aliphatic carbocycles. The van der Waals surface area contributed by atoms with E-state index < -0.39 is 22.3 Å². The molecule has 6 rings (SSSR count). The Kier molecular flexibility index (Phi) is 12.4. The van der Waals surface area contributed by atoms with E-state index in [1.165, 1.54) is 9.80 Å². The van der Waals surface area contributed by atoms with Crippen LogP contribution in [-0.2, 0) is 32.0 Å². The average Bonchev–Trinajstić information content (AvgIpc) is 3.67. The molecule has 0 bridgehead atoms. The number of hydrogen-bond acceptors (Lipinski definition) is 8. The third-order valence-electron chi connectivity index (χ3n) is 8.40. The van der Waals surface area contributed by atoms with Crippen LogP contribution in [-0.4, -0.2) is 47.2 Å². The van der Waals surface area contributed by atoms with Gasteiger partial charge in [-0.3, -0.25) is 29.0 Å². The summed E-state index contributed by atoms with van der Waals surface area (Å²) in [5, 5.41) is 26.0. The van der Waals surface area contributed by atoms with Gasteiger partial charge in [-0.25, -0.2) is 0 Å². The van der Waals surface area contributed by atoms with E-state index in [2.05, 4.69) is 10.6 Å². The van der Waals surface area contributed by atoms with Crippen molar-refractivity contribution in [3.05, 3.63) is 152 Å². The standard InChI is InChI=1S/C40H30Cl2N6O4S2/c41-27-15-11-25(12-16-27)21-33-37(51)47(29-7-3-1-4-8-29)39(53-33)31(23-43)35(49)45-19-20-46-36(50)32(24-44)40-48(30-9-5-2-6-10-30)38(52)34(54-40)22-26-13-17-28(42)18-14-26/h1-18,33-34H,19-22H2,(H,45,49)(H,46,50)/b39-31-,40-32+/t33-,34+/m0/s1. The molecule has 2 aliphatic rings. The maximum Gasteiger partial charge on any atom is 0.264 e. The molecule has 4 aromatic rings. The minimum absolute atomic E-state index is 0.0944. The number of nitriles is 2. The number of carbonyl (C=O) groups is 4. The molecule has 2 heterocycles. The van der Waals surface area contributed by atoms with Crippen LogP contribution in [0.5, 0.6) is 0 Å². The van der Waals surface area contributed by atoms with Gasteiger partial charge < -0.3 is 10.6 Å². The second kappa shape index (κ2) is 17.5. The van der Waals surface area contributed by atoms with Crippen molar-refractivity contribution >= 4 is 81.7 Å². The van der Waals surface area contributed by atoms with E-state index in [-0.39, 0.29) is 46.1 Å². The number of thioether (sulfide) groups is 2. The van der Waals surface area contributed by atoms with Gasteiger partial charge in [0.2, 0.25) is 11.8 Å². The molecular formula is C40H30Cl2N6O4S2. The number of carbonyl (C=O) groups excluding carboxylic acids is 4. The highest BCUT2D eigenvalue weighted by Gasteiger charge is 2.42. The van der Waals surface area contributed by atoms with Crippen LogP contribution in [0.25, 0.3) is 0 Å². The quantitative estimate of drug-likeness (QED) is 0.0961. The largest absolute Gasteiger partial charge is 0.350 e. The molecule has 270 valence electrons. The molecule has 2 fully saturated rings. The predicted molar refractivity (Wildman–Crippen MR) is 212 cm³/mol. The van der Waals surface area contributed by atoms with Crippen molar-refractivity contribution in [1.29, 1.82) is 10.5 Å². The van der Waals surface area contributed by atoms with E-state index in [4.69, 9.17) is 23.2 Å². The summed E-state index contributed by atoms with van der Waals surface area (Å²) in [6.07, 6.45) is 0.702. The molecule has 2 N–H and O–H groups in total. The fourth-order valence-electron chi connectivity index (χ4n) is 5.80. The van der Waals surface area contributed by atoms with Crippen LogP contribution in [0.15, 0.2) is 130 Å². The highest BCUT2D eigenvalue weighted by molar-refractivity contribution is 8.05. The van der Waals surface area contributed by atoms with Crippen molar-refractivity contribution in [2.75, 3.05) is 22.9 Å². The maximum absolute atomic E-state index is 13.7. The van der Waals surface area contributed by atoms with E-state index in [1.54, 1.807) is 84.9 Å². The van der Waals surface area contributed by atoms with E-state index in [0.29, 0.717) is 34.3 Å². The van der Waals surface area contributed by atoms with E-state index in [1.807, 2.05) is 36.4 Å². The number of hydrogen-bond donors (Lipinski definition) is 2. The van der Waals surface area contributed by atoms with Gasteiger partial charge in [-0.15, -0.1) is 0 Å². The number of rotatable bonds is 11. The van der Waals surface area contributed by atoms with Gasteiger partial charge in [-0.2, -0.15) is 10.5 Å². The van der Waals surface area contributed by atoms with Crippen molar-refractivity contribution < 1.29 is 19.2 Å². The minimum atomic E-state index is -0.730. The molecular weight excluding hydrogens is 764 g/mol. The molecule has 4 aromatic carbocycles. The van der Waals surface area contributed by atoms with Gasteiger partial charge in [-0.05, 0) is 72.5 Å². The Morgan fingerprint density at radius 3 is 1.28 bits per heavy atom. The first-order valence-corrected chi connectivity index (χ1v) is 19.2. The molecule has 0 radical (unpaired) electrons. The van der Waals surface area contributed by atoms with Gasteiger partial charge in [0.15, 0.2) is 0 Å². The van der Waals surface area contributed by atoms with Crippen molar-refractivity contribution in [3.8, 4) is 12.1 Å². The van der Waals surface area contributed by atoms with Crippen molar-refractivity contribution in [1.82, 2.24) is 10.6 Å². The predicted octanol–water partition coefficient (Wildman–Crippen LogP) is 6.78. The Morgan fingerprint density at radius 2 is 0.944 bits per heavy atom. The van der Waals surface area contributed by atoms with E-state index in [0.717, 1.165) is 34.7 Å². The first kappa shape index (κ1) is 38.2. The Bertz CT molecular complexity index is 2060. The van der Waals surface area contributed by atoms with E-state index in [9.17, 15) is 29.7 Å². The summed E-state index contributed by atoms with van der Waals surface area (Å²) in [7, 11) is 0. The molecule has 10 nitrogen and oxygen atoms in total. The van der Waals surface area contributed by atoms with Gasteiger partial charge in [0.05, 0.1) is 10.5 Å². The molecule has 0 saturated carbocycles. The number of nitrogens with one attached hydrogen (secondary N) is 2. The van der Waals surface area contributed by atoms with Gasteiger partial charge in [0.25, 0.3) is 11.8 Å². The molecule has 2 atom stereocenters. The molecule has 2 saturated heterocycles. The second-order valence-electron chi connectivity index (χ2n) is 12.0. The summed E-state index contributed by atoms with van der Waals surface area (Å²) in [4.78, 5) is 57.1. The lowest BCUT2D eigenvalue weighted by molar-refractivity contribution is -0.119. The summed E-state index contributed by atoms with van der Waals surface area (Å²) in [5.41, 5.74) is 2.25. The Labute approximate surface area is 330 Å². The van der Waals surface area contributed by atoms with Gasteiger partial charge in [0, 0.05) is 34.5 Å². The summed E-state index contributed by atoms with van der Waals surface area (Å²) in [5.74, 6) is -2.01. The number of halogens is 2. The zero-order chi connectivity index (χ0) is 38.2. The normalized spacial score (nSPS) is 18.5. The zero-order valence-electron chi connectivity index (χ0n) is 28.4. The van der Waals surface area contributed by atoms with Crippen LogP contribution in [0.2, 0.25) is 10.0 Å². The van der Waals surface area contributed by atoms with Gasteiger partial charge in [-0.1, -0.05) is 107 Å². The highest BCUT2D eigenvalue weighted by Crippen LogP contribution is 2.43. The maximum atomic E-state index is 13.7. The van der Waals surface area contributed by atoms with Crippen LogP contribution >= 0.6 is 46.7 Å². The average molecular weight is 794 g/mol. The lowest BCUT2D eigenvalue weighted by atomic mass is 10.1. The van der Waals surface area contributed by atoms with Gasteiger partial charge >= 0.3 is 0 Å². The number of para-hydroxylation sites is 2. The summed E-state index contributed by atoms with van der Waals surface area (Å²) in [6, 6.07) is 35.7. The zero-order valence-corrected chi connectivity index (χ0v) is 31.5. The third kappa shape index (κ3) is 8.65. The van der Waals surface area contributed by atoms with Crippen molar-refractivity contribution in [2.24, 2.45) is 0 Å². The lowest BCUT2D eigenvalue weighted by Crippen LogP contribution is -2.37. The van der Waals surface area contributed by atoms with Crippen molar-refractivity contribution in [3.63, 3.8) is 0 Å². The topological polar surface area (TPSA) is 146 Å². The number of amides is 4. The van der Waals surface area contributed by atoms with Crippen LogP contribution in [0, 0.1) is 22.7 Å². The van der Waals surface area contributed by atoms with Crippen LogP contribution in [0.1, 0.15) is 11.1 Å². The fourth-order valence-corrected chi connectivity index (χ4v) is 8.66. The molecule has 0 aromatic heterocycles. The van der Waals surface area contributed by atoms with E-state index >= 15 is 0 Å². The van der Waals surface area contributed by atoms with Gasteiger partial charge in [0.1, 0.15) is 33.3 Å². The Morgan fingerprint density at radius 1 is 0.593 bits per heavy atom. The van der Waals surface area contributed by atoms with Crippen LogP contribution in [0.3, 0.4) is 0 Å². The fraction of sp³-hybridized carbons (Fsp3) is 0.150. The van der Waals surface area contributed by atoms with Crippen molar-refractivity contribution in [2.45, 2.75) is 23.3 Å². The van der Waals surface area contributed by atoms with Crippen LogP contribution in [0.4, 0.5) is 11.4 Å². The first-order chi connectivity index (χ1) is 26.2. The lowest BCUT2D eigenvalue weighted by Gasteiger charge is -2.19. The molecule has 14 heteroatoms. The third-order valence-corrected chi connectivity index (χ3v) is 11.4.